The van der Waals surface area contributed by atoms with E-state index in [0.29, 0.717) is 0 Å². The Bertz CT molecular complexity index is 568. The summed E-state index contributed by atoms with van der Waals surface area (Å²) in [5.74, 6) is -1.74. The molecule has 5 nitrogen and oxygen atoms in total. The van der Waals surface area contributed by atoms with Crippen LogP contribution in [0.4, 0.5) is 8.78 Å². The van der Waals surface area contributed by atoms with Crippen LogP contribution in [0.15, 0.2) is 21.1 Å². The van der Waals surface area contributed by atoms with Crippen LogP contribution in [0.25, 0.3) is 11.5 Å². The van der Waals surface area contributed by atoms with E-state index >= 15 is 0 Å². The Labute approximate surface area is 115 Å². The van der Waals surface area contributed by atoms with Gasteiger partial charge in [-0.15, -0.1) is 0 Å². The van der Waals surface area contributed by atoms with Crippen LogP contribution in [-0.4, -0.2) is 23.9 Å². The zero-order valence-corrected chi connectivity index (χ0v) is 11.4. The maximum absolute atomic E-state index is 13.7. The Kier molecular flexibility index (Phi) is 4.23. The van der Waals surface area contributed by atoms with Crippen molar-refractivity contribution in [3.63, 3.8) is 0 Å². The fourth-order valence-corrected chi connectivity index (χ4v) is 1.89. The zero-order chi connectivity index (χ0) is 14.0. The van der Waals surface area contributed by atoms with E-state index in [0.717, 1.165) is 12.1 Å². The average Bonchev–Trinajstić information content (AvgIpc) is 2.77. The number of hydrogen-bond acceptors (Lipinski definition) is 5. The molecule has 1 unspecified atom stereocenters. The van der Waals surface area contributed by atoms with E-state index in [1.165, 1.54) is 7.11 Å². The number of methoxy groups -OCH3 is 1. The van der Waals surface area contributed by atoms with Crippen molar-refractivity contribution in [1.29, 1.82) is 0 Å². The zero-order valence-electron chi connectivity index (χ0n) is 9.86. The molecule has 0 aliphatic carbocycles. The number of hydrogen-bond donors (Lipinski definition) is 1. The van der Waals surface area contributed by atoms with Crippen molar-refractivity contribution in [1.82, 2.24) is 10.1 Å². The number of nitrogens with zero attached hydrogens (tertiary/aromatic N) is 2. The average molecular weight is 334 g/mol. The Balaban J connectivity index is 2.38. The van der Waals surface area contributed by atoms with Gasteiger partial charge in [0, 0.05) is 11.6 Å². The second kappa shape index (κ2) is 5.72. The highest BCUT2D eigenvalue weighted by Gasteiger charge is 2.21. The van der Waals surface area contributed by atoms with Gasteiger partial charge in [0.2, 0.25) is 0 Å². The molecule has 2 rings (SSSR count). The van der Waals surface area contributed by atoms with Gasteiger partial charge in [-0.3, -0.25) is 0 Å². The third-order valence-electron chi connectivity index (χ3n) is 2.34. The Hall–Kier alpha value is -1.38. The molecule has 0 aliphatic rings. The number of halogens is 3. The summed E-state index contributed by atoms with van der Waals surface area (Å²) in [7, 11) is 1.47. The molecule has 1 aromatic carbocycles. The summed E-state index contributed by atoms with van der Waals surface area (Å²) in [6.07, 6.45) is 0. The van der Waals surface area contributed by atoms with Gasteiger partial charge in [0.15, 0.2) is 5.82 Å². The van der Waals surface area contributed by atoms with E-state index in [1.54, 1.807) is 0 Å². The van der Waals surface area contributed by atoms with Crippen molar-refractivity contribution < 1.29 is 18.0 Å². The van der Waals surface area contributed by atoms with Gasteiger partial charge in [0.05, 0.1) is 12.6 Å². The monoisotopic (exact) mass is 333 g/mol. The normalized spacial score (nSPS) is 12.7. The van der Waals surface area contributed by atoms with Crippen molar-refractivity contribution in [2.75, 3.05) is 13.7 Å². The topological polar surface area (TPSA) is 74.2 Å². The standard InChI is InChI=1S/C11H10BrF2N3O2/c1-18-4-8(15)10-16-11(19-17-10)9-6(13)2-5(12)3-7(9)14/h2-3,8H,4,15H2,1H3. The maximum Gasteiger partial charge on any atom is 0.263 e. The molecule has 0 radical (unpaired) electrons. The lowest BCUT2D eigenvalue weighted by molar-refractivity contribution is 0.177. The molecule has 0 saturated heterocycles. The minimum absolute atomic E-state index is 0.124. The summed E-state index contributed by atoms with van der Waals surface area (Å²) in [6.45, 7) is 0.171. The summed E-state index contributed by atoms with van der Waals surface area (Å²) in [4.78, 5) is 3.87. The molecule has 0 bridgehead atoms. The van der Waals surface area contributed by atoms with E-state index in [2.05, 4.69) is 26.1 Å². The lowest BCUT2D eigenvalue weighted by Crippen LogP contribution is -2.17. The summed E-state index contributed by atoms with van der Waals surface area (Å²) in [5, 5.41) is 3.58. The molecular formula is C11H10BrF2N3O2. The molecule has 0 aliphatic heterocycles. The molecule has 0 fully saturated rings. The SMILES string of the molecule is COCC(N)c1noc(-c2c(F)cc(Br)cc2F)n1. The molecule has 2 N–H and O–H groups in total. The van der Waals surface area contributed by atoms with Crippen LogP contribution in [-0.2, 0) is 4.74 Å². The largest absolute Gasteiger partial charge is 0.383 e. The number of rotatable bonds is 4. The fraction of sp³-hybridized carbons (Fsp3) is 0.273. The molecular weight excluding hydrogens is 324 g/mol. The summed E-state index contributed by atoms with van der Waals surface area (Å²) < 4.78 is 37.3. The Morgan fingerprint density at radius 3 is 2.63 bits per heavy atom. The molecule has 1 atom stereocenters. The summed E-state index contributed by atoms with van der Waals surface area (Å²) >= 11 is 2.99. The van der Waals surface area contributed by atoms with E-state index in [-0.39, 0.29) is 28.4 Å². The highest BCUT2D eigenvalue weighted by atomic mass is 79.9. The third kappa shape index (κ3) is 2.96. The van der Waals surface area contributed by atoms with E-state index in [1.807, 2.05) is 0 Å². The first-order valence-corrected chi connectivity index (χ1v) is 6.05. The van der Waals surface area contributed by atoms with E-state index in [9.17, 15) is 8.78 Å². The first kappa shape index (κ1) is 14.0. The number of ether oxygens (including phenoxy) is 1. The van der Waals surface area contributed by atoms with Crippen molar-refractivity contribution in [3.8, 4) is 11.5 Å². The van der Waals surface area contributed by atoms with Crippen LogP contribution in [0.3, 0.4) is 0 Å². The molecule has 2 aromatic rings. The molecule has 8 heteroatoms. The van der Waals surface area contributed by atoms with E-state index in [4.69, 9.17) is 15.0 Å². The fourth-order valence-electron chi connectivity index (χ4n) is 1.49. The smallest absolute Gasteiger partial charge is 0.263 e. The predicted molar refractivity (Wildman–Crippen MR) is 66.2 cm³/mol. The predicted octanol–water partition coefficient (Wildman–Crippen LogP) is 2.42. The number of aromatic nitrogens is 2. The number of nitrogens with two attached hydrogens (primary N) is 1. The van der Waals surface area contributed by atoms with Crippen LogP contribution < -0.4 is 5.73 Å². The molecule has 0 amide bonds. The lowest BCUT2D eigenvalue weighted by atomic mass is 10.2. The minimum atomic E-state index is -0.803. The lowest BCUT2D eigenvalue weighted by Gasteiger charge is -2.03. The van der Waals surface area contributed by atoms with Crippen LogP contribution in [0.1, 0.15) is 11.9 Å². The van der Waals surface area contributed by atoms with Gasteiger partial charge in [0.25, 0.3) is 5.89 Å². The number of benzene rings is 1. The van der Waals surface area contributed by atoms with Gasteiger partial charge in [0.1, 0.15) is 17.2 Å². The van der Waals surface area contributed by atoms with Gasteiger partial charge in [-0.05, 0) is 12.1 Å². The van der Waals surface area contributed by atoms with Gasteiger partial charge in [-0.25, -0.2) is 8.78 Å². The van der Waals surface area contributed by atoms with Crippen molar-refractivity contribution >= 4 is 15.9 Å². The van der Waals surface area contributed by atoms with Gasteiger partial charge in [-0.2, -0.15) is 4.98 Å². The van der Waals surface area contributed by atoms with Crippen LogP contribution in [0.2, 0.25) is 0 Å². The third-order valence-corrected chi connectivity index (χ3v) is 2.80. The second-order valence-corrected chi connectivity index (χ2v) is 4.68. The van der Waals surface area contributed by atoms with Crippen LogP contribution >= 0.6 is 15.9 Å². The maximum atomic E-state index is 13.7. The summed E-state index contributed by atoms with van der Waals surface area (Å²) in [6, 6.07) is 1.60. The molecule has 102 valence electrons. The quantitative estimate of drug-likeness (QED) is 0.930. The van der Waals surface area contributed by atoms with Crippen molar-refractivity contribution in [2.45, 2.75) is 6.04 Å². The van der Waals surface area contributed by atoms with Gasteiger partial charge >= 0.3 is 0 Å². The van der Waals surface area contributed by atoms with Crippen molar-refractivity contribution in [2.24, 2.45) is 5.73 Å². The van der Waals surface area contributed by atoms with Gasteiger partial charge in [-0.1, -0.05) is 21.1 Å². The Morgan fingerprint density at radius 2 is 2.05 bits per heavy atom. The molecule has 0 saturated carbocycles. The van der Waals surface area contributed by atoms with Crippen LogP contribution in [0.5, 0.6) is 0 Å². The summed E-state index contributed by atoms with van der Waals surface area (Å²) in [5.41, 5.74) is 5.31. The first-order chi connectivity index (χ1) is 9.02. The second-order valence-electron chi connectivity index (χ2n) is 3.76. The van der Waals surface area contributed by atoms with Gasteiger partial charge < -0.3 is 15.0 Å². The highest BCUT2D eigenvalue weighted by molar-refractivity contribution is 9.10. The minimum Gasteiger partial charge on any atom is -0.383 e. The molecule has 1 aromatic heterocycles. The highest BCUT2D eigenvalue weighted by Crippen LogP contribution is 2.28. The first-order valence-electron chi connectivity index (χ1n) is 5.26. The molecule has 0 spiro atoms. The van der Waals surface area contributed by atoms with Crippen molar-refractivity contribution in [3.05, 3.63) is 34.1 Å². The van der Waals surface area contributed by atoms with E-state index < -0.39 is 17.7 Å². The Morgan fingerprint density at radius 1 is 1.42 bits per heavy atom. The molecule has 19 heavy (non-hydrogen) atoms. The molecule has 1 heterocycles. The van der Waals surface area contributed by atoms with Crippen LogP contribution in [0, 0.1) is 11.6 Å².